The standard InChI is InChI=1S/C26H18FNO6S2/c1-14(24-25(30)28-26(31)36-24)15-4-7-17(8-5-15)32-10-11-33-23-21(29)18-13-16(27)6-9-19(18)34-22(23)20-3-2-12-35-20/h2-9,12-13,30H,1,10-11H2,(H,28,31). The van der Waals surface area contributed by atoms with E-state index in [0.717, 1.165) is 17.4 Å². The second-order valence-electron chi connectivity index (χ2n) is 7.60. The van der Waals surface area contributed by atoms with Gasteiger partial charge in [0.1, 0.15) is 30.4 Å². The summed E-state index contributed by atoms with van der Waals surface area (Å²) in [5.74, 6) is 0.0754. The summed E-state index contributed by atoms with van der Waals surface area (Å²) < 4.78 is 31.1. The van der Waals surface area contributed by atoms with Crippen molar-refractivity contribution in [2.45, 2.75) is 0 Å². The van der Waals surface area contributed by atoms with Gasteiger partial charge in [0, 0.05) is 0 Å². The van der Waals surface area contributed by atoms with Crippen molar-refractivity contribution in [2.24, 2.45) is 0 Å². The Bertz CT molecular complexity index is 1670. The number of thiophene rings is 1. The molecule has 0 aliphatic carbocycles. The Labute approximate surface area is 211 Å². The molecule has 3 heterocycles. The third-order valence-electron chi connectivity index (χ3n) is 5.26. The maximum absolute atomic E-state index is 13.7. The number of nitrogens with one attached hydrogen (secondary N) is 1. The molecule has 2 aromatic carbocycles. The highest BCUT2D eigenvalue weighted by atomic mass is 32.1. The van der Waals surface area contributed by atoms with Gasteiger partial charge in [0.2, 0.25) is 17.1 Å². The molecule has 3 aromatic heterocycles. The zero-order valence-electron chi connectivity index (χ0n) is 18.6. The van der Waals surface area contributed by atoms with Crippen molar-refractivity contribution in [1.82, 2.24) is 4.98 Å². The van der Waals surface area contributed by atoms with Gasteiger partial charge in [-0.3, -0.25) is 14.6 Å². The molecule has 0 radical (unpaired) electrons. The first-order chi connectivity index (χ1) is 17.4. The largest absolute Gasteiger partial charge is 0.493 e. The number of hydrogen-bond donors (Lipinski definition) is 2. The van der Waals surface area contributed by atoms with Crippen LogP contribution < -0.4 is 19.8 Å². The Morgan fingerprint density at radius 3 is 2.56 bits per heavy atom. The van der Waals surface area contributed by atoms with Crippen molar-refractivity contribution >= 4 is 39.2 Å². The van der Waals surface area contributed by atoms with E-state index in [2.05, 4.69) is 11.6 Å². The number of fused-ring (bicyclic) bond motifs is 1. The number of hydrogen-bond acceptors (Lipinski definition) is 8. The lowest BCUT2D eigenvalue weighted by Crippen LogP contribution is -2.15. The summed E-state index contributed by atoms with van der Waals surface area (Å²) in [5, 5.41) is 11.8. The molecule has 5 rings (SSSR count). The van der Waals surface area contributed by atoms with E-state index in [1.165, 1.54) is 23.5 Å². The topological polar surface area (TPSA) is 102 Å². The Kier molecular flexibility index (Phi) is 6.45. The third-order valence-corrected chi connectivity index (χ3v) is 7.06. The number of rotatable bonds is 8. The molecule has 0 amide bonds. The number of aromatic hydroxyl groups is 1. The number of halogens is 1. The predicted octanol–water partition coefficient (Wildman–Crippen LogP) is 5.64. The Balaban J connectivity index is 1.29. The van der Waals surface area contributed by atoms with E-state index >= 15 is 0 Å². The molecule has 7 nitrogen and oxygen atoms in total. The lowest BCUT2D eigenvalue weighted by molar-refractivity contribution is 0.214. The lowest BCUT2D eigenvalue weighted by atomic mass is 10.1. The molecule has 0 unspecified atom stereocenters. The van der Waals surface area contributed by atoms with Crippen molar-refractivity contribution in [2.75, 3.05) is 13.2 Å². The maximum Gasteiger partial charge on any atom is 0.307 e. The van der Waals surface area contributed by atoms with Crippen LogP contribution in [0.4, 0.5) is 4.39 Å². The van der Waals surface area contributed by atoms with Gasteiger partial charge in [0.25, 0.3) is 0 Å². The summed E-state index contributed by atoms with van der Waals surface area (Å²) in [7, 11) is 0. The van der Waals surface area contributed by atoms with Gasteiger partial charge in [-0.15, -0.1) is 11.3 Å². The van der Waals surface area contributed by atoms with Crippen LogP contribution in [0.3, 0.4) is 0 Å². The zero-order chi connectivity index (χ0) is 25.2. The molecule has 10 heteroatoms. The molecule has 2 N–H and O–H groups in total. The van der Waals surface area contributed by atoms with Crippen LogP contribution in [-0.4, -0.2) is 23.3 Å². The number of H-pyrrole nitrogens is 1. The van der Waals surface area contributed by atoms with E-state index in [-0.39, 0.29) is 46.4 Å². The van der Waals surface area contributed by atoms with Crippen molar-refractivity contribution in [3.63, 3.8) is 0 Å². The fourth-order valence-electron chi connectivity index (χ4n) is 3.56. The van der Waals surface area contributed by atoms with Crippen LogP contribution in [0.25, 0.3) is 27.2 Å². The van der Waals surface area contributed by atoms with Gasteiger partial charge in [-0.1, -0.05) is 36.1 Å². The molecule has 36 heavy (non-hydrogen) atoms. The number of aromatic amines is 1. The van der Waals surface area contributed by atoms with Gasteiger partial charge in [0.15, 0.2) is 5.76 Å². The zero-order valence-corrected chi connectivity index (χ0v) is 20.2. The van der Waals surface area contributed by atoms with Gasteiger partial charge in [-0.25, -0.2) is 4.39 Å². The van der Waals surface area contributed by atoms with Gasteiger partial charge < -0.3 is 19.0 Å². The van der Waals surface area contributed by atoms with Crippen LogP contribution in [0, 0.1) is 5.82 Å². The first-order valence-corrected chi connectivity index (χ1v) is 12.4. The van der Waals surface area contributed by atoms with Crippen molar-refractivity contribution in [3.8, 4) is 28.0 Å². The second kappa shape index (κ2) is 9.84. The maximum atomic E-state index is 13.7. The first kappa shape index (κ1) is 23.6. The molecule has 0 spiro atoms. The molecule has 0 fully saturated rings. The van der Waals surface area contributed by atoms with Gasteiger partial charge in [0.05, 0.1) is 15.1 Å². The van der Waals surface area contributed by atoms with Gasteiger partial charge >= 0.3 is 4.87 Å². The van der Waals surface area contributed by atoms with E-state index < -0.39 is 11.2 Å². The molecule has 0 aliphatic rings. The molecular formula is C26H18FNO6S2. The summed E-state index contributed by atoms with van der Waals surface area (Å²) >= 11 is 2.27. The summed E-state index contributed by atoms with van der Waals surface area (Å²) in [4.78, 5) is 27.5. The predicted molar refractivity (Wildman–Crippen MR) is 138 cm³/mol. The normalized spacial score (nSPS) is 11.0. The first-order valence-electron chi connectivity index (χ1n) is 10.7. The average molecular weight is 524 g/mol. The van der Waals surface area contributed by atoms with Gasteiger partial charge in [-0.05, 0) is 52.9 Å². The number of benzene rings is 2. The Hall–Kier alpha value is -4.15. The van der Waals surface area contributed by atoms with Crippen LogP contribution in [0.2, 0.25) is 0 Å². The highest BCUT2D eigenvalue weighted by molar-refractivity contribution is 7.13. The minimum atomic E-state index is -0.542. The fourth-order valence-corrected chi connectivity index (χ4v) is 4.99. The highest BCUT2D eigenvalue weighted by Gasteiger charge is 2.19. The van der Waals surface area contributed by atoms with Crippen molar-refractivity contribution in [3.05, 3.63) is 103 Å². The average Bonchev–Trinajstić information content (AvgIpc) is 3.52. The van der Waals surface area contributed by atoms with Crippen LogP contribution in [0.15, 0.2) is 80.6 Å². The Morgan fingerprint density at radius 1 is 1.08 bits per heavy atom. The molecule has 0 bridgehead atoms. The number of aromatic nitrogens is 1. The van der Waals surface area contributed by atoms with Crippen molar-refractivity contribution < 1.29 is 23.4 Å². The molecule has 5 aromatic rings. The van der Waals surface area contributed by atoms with Crippen LogP contribution in [0.5, 0.6) is 17.4 Å². The molecule has 0 saturated carbocycles. The summed E-state index contributed by atoms with van der Waals surface area (Å²) in [6.07, 6.45) is 0. The summed E-state index contributed by atoms with van der Waals surface area (Å²) in [6, 6.07) is 14.4. The van der Waals surface area contributed by atoms with Crippen molar-refractivity contribution in [1.29, 1.82) is 0 Å². The molecule has 182 valence electrons. The SMILES string of the molecule is C=C(c1ccc(OCCOc2c(-c3cccs3)oc3ccc(F)cc3c2=O)cc1)c1sc(=O)[nH]c1O. The fraction of sp³-hybridized carbons (Fsp3) is 0.0769. The quantitative estimate of drug-likeness (QED) is 0.256. The number of ether oxygens (including phenoxy) is 2. The van der Waals surface area contributed by atoms with Crippen LogP contribution in [-0.2, 0) is 0 Å². The summed E-state index contributed by atoms with van der Waals surface area (Å²) in [5.41, 5.74) is 1.03. The van der Waals surface area contributed by atoms with E-state index in [1.807, 2.05) is 17.5 Å². The van der Waals surface area contributed by atoms with Crippen LogP contribution in [0.1, 0.15) is 10.4 Å². The smallest absolute Gasteiger partial charge is 0.307 e. The lowest BCUT2D eigenvalue weighted by Gasteiger charge is -2.12. The van der Waals surface area contributed by atoms with E-state index in [1.54, 1.807) is 24.3 Å². The molecular weight excluding hydrogens is 505 g/mol. The minimum Gasteiger partial charge on any atom is -0.493 e. The highest BCUT2D eigenvalue weighted by Crippen LogP contribution is 2.34. The van der Waals surface area contributed by atoms with E-state index in [4.69, 9.17) is 13.9 Å². The van der Waals surface area contributed by atoms with E-state index in [0.29, 0.717) is 26.6 Å². The molecule has 0 aliphatic heterocycles. The molecule has 0 atom stereocenters. The third kappa shape index (κ3) is 4.68. The minimum absolute atomic E-state index is 0.00361. The number of thiazole rings is 1. The molecule has 0 saturated heterocycles. The van der Waals surface area contributed by atoms with Crippen LogP contribution >= 0.6 is 22.7 Å². The van der Waals surface area contributed by atoms with E-state index in [9.17, 15) is 19.1 Å². The summed E-state index contributed by atoms with van der Waals surface area (Å²) in [6.45, 7) is 4.12. The Morgan fingerprint density at radius 2 is 1.86 bits per heavy atom. The monoisotopic (exact) mass is 523 g/mol. The van der Waals surface area contributed by atoms with Gasteiger partial charge in [-0.2, -0.15) is 0 Å². The second-order valence-corrected chi connectivity index (χ2v) is 9.53.